The van der Waals surface area contributed by atoms with Crippen LogP contribution in [-0.2, 0) is 0 Å². The number of hydrogen-bond donors (Lipinski definition) is 1. The Kier molecular flexibility index (Phi) is 4.55. The lowest BCUT2D eigenvalue weighted by molar-refractivity contribution is 0.491. The van der Waals surface area contributed by atoms with E-state index in [1.54, 1.807) is 19.3 Å². The van der Waals surface area contributed by atoms with Crippen LogP contribution in [0.2, 0.25) is 0 Å². The fourth-order valence-electron chi connectivity index (χ4n) is 2.23. The molecule has 2 rings (SSSR count). The molecule has 1 aromatic heterocycles. The number of benzene rings is 1. The number of aryl methyl sites for hydroxylation is 2. The summed E-state index contributed by atoms with van der Waals surface area (Å²) in [5, 5.41) is 3.18. The molecule has 0 aliphatic carbocycles. The van der Waals surface area contributed by atoms with E-state index >= 15 is 0 Å². The summed E-state index contributed by atoms with van der Waals surface area (Å²) in [6, 6.07) is 4.02. The van der Waals surface area contributed by atoms with E-state index in [9.17, 15) is 8.78 Å². The van der Waals surface area contributed by atoms with Gasteiger partial charge in [-0.2, -0.15) is 0 Å². The Labute approximate surface area is 117 Å². The maximum absolute atomic E-state index is 14.3. The molecule has 0 saturated heterocycles. The van der Waals surface area contributed by atoms with E-state index in [0.29, 0.717) is 12.1 Å². The van der Waals surface area contributed by atoms with Crippen molar-refractivity contribution >= 4 is 0 Å². The lowest BCUT2D eigenvalue weighted by Crippen LogP contribution is -2.25. The maximum Gasteiger partial charge on any atom is 0.134 e. The summed E-state index contributed by atoms with van der Waals surface area (Å²) in [7, 11) is 0. The Hall–Kier alpha value is -1.68. The molecule has 2 aromatic rings. The zero-order chi connectivity index (χ0) is 14.7. The summed E-state index contributed by atoms with van der Waals surface area (Å²) in [6.07, 6.45) is 2.42. The Balaban J connectivity index is 2.49. The van der Waals surface area contributed by atoms with Gasteiger partial charge in [-0.25, -0.2) is 8.78 Å². The molecule has 0 saturated carbocycles. The van der Waals surface area contributed by atoms with E-state index in [4.69, 9.17) is 4.42 Å². The molecule has 108 valence electrons. The van der Waals surface area contributed by atoms with E-state index in [-0.39, 0.29) is 5.56 Å². The highest BCUT2D eigenvalue weighted by atomic mass is 19.1. The minimum absolute atomic E-state index is 0.0549. The van der Waals surface area contributed by atoms with Gasteiger partial charge in [0.1, 0.15) is 17.4 Å². The first-order chi connectivity index (χ1) is 9.54. The number of hydrogen-bond acceptors (Lipinski definition) is 2. The van der Waals surface area contributed by atoms with Gasteiger partial charge < -0.3 is 9.73 Å². The Bertz CT molecular complexity index is 592. The van der Waals surface area contributed by atoms with Crippen LogP contribution in [0, 0.1) is 25.5 Å². The van der Waals surface area contributed by atoms with Crippen molar-refractivity contribution in [1.82, 2.24) is 5.32 Å². The van der Waals surface area contributed by atoms with Gasteiger partial charge in [0, 0.05) is 11.1 Å². The summed E-state index contributed by atoms with van der Waals surface area (Å²) in [6.45, 7) is 6.12. The van der Waals surface area contributed by atoms with Gasteiger partial charge in [0.15, 0.2) is 0 Å². The van der Waals surface area contributed by atoms with Crippen molar-refractivity contribution < 1.29 is 13.2 Å². The highest BCUT2D eigenvalue weighted by Gasteiger charge is 2.23. The smallest absolute Gasteiger partial charge is 0.134 e. The highest BCUT2D eigenvalue weighted by molar-refractivity contribution is 5.36. The van der Waals surface area contributed by atoms with Crippen LogP contribution in [0.4, 0.5) is 8.78 Å². The summed E-state index contributed by atoms with van der Waals surface area (Å²) in [4.78, 5) is 0. The van der Waals surface area contributed by atoms with Crippen LogP contribution < -0.4 is 5.32 Å². The van der Waals surface area contributed by atoms with E-state index < -0.39 is 17.7 Å². The monoisotopic (exact) mass is 279 g/mol. The fourth-order valence-corrected chi connectivity index (χ4v) is 2.23. The zero-order valence-corrected chi connectivity index (χ0v) is 12.0. The molecular weight excluding hydrogens is 260 g/mol. The normalized spacial score (nSPS) is 12.7. The van der Waals surface area contributed by atoms with Crippen molar-refractivity contribution in [3.8, 4) is 0 Å². The van der Waals surface area contributed by atoms with Crippen molar-refractivity contribution in [3.05, 3.63) is 58.5 Å². The first kappa shape index (κ1) is 14.7. The molecule has 2 nitrogen and oxygen atoms in total. The fraction of sp³-hybridized carbons (Fsp3) is 0.375. The van der Waals surface area contributed by atoms with E-state index in [1.807, 2.05) is 13.8 Å². The molecule has 20 heavy (non-hydrogen) atoms. The average molecular weight is 279 g/mol. The van der Waals surface area contributed by atoms with E-state index in [1.165, 1.54) is 12.1 Å². The first-order valence-electron chi connectivity index (χ1n) is 6.77. The molecule has 0 radical (unpaired) electrons. The quantitative estimate of drug-likeness (QED) is 0.884. The molecule has 1 unspecified atom stereocenters. The molecule has 1 heterocycles. The van der Waals surface area contributed by atoms with Crippen LogP contribution in [0.1, 0.15) is 41.8 Å². The summed E-state index contributed by atoms with van der Waals surface area (Å²) >= 11 is 0. The Morgan fingerprint density at radius 2 is 2.00 bits per heavy atom. The average Bonchev–Trinajstić information content (AvgIpc) is 2.84. The molecule has 0 fully saturated rings. The number of rotatable bonds is 5. The van der Waals surface area contributed by atoms with Crippen LogP contribution >= 0.6 is 0 Å². The van der Waals surface area contributed by atoms with Gasteiger partial charge in [0.2, 0.25) is 0 Å². The van der Waals surface area contributed by atoms with Crippen molar-refractivity contribution in [2.45, 2.75) is 33.2 Å². The van der Waals surface area contributed by atoms with Gasteiger partial charge in [-0.3, -0.25) is 0 Å². The standard InChI is InChI=1S/C16H19F2NO/c1-4-7-19-16(12-8-11(3)20-9-12)14-13(17)6-5-10(2)15(14)18/h5-6,8-9,16,19H,4,7H2,1-3H3. The minimum Gasteiger partial charge on any atom is -0.469 e. The lowest BCUT2D eigenvalue weighted by Gasteiger charge is -2.19. The number of nitrogens with one attached hydrogen (secondary N) is 1. The molecule has 0 amide bonds. The summed E-state index contributed by atoms with van der Waals surface area (Å²) < 4.78 is 33.7. The Morgan fingerprint density at radius 3 is 2.60 bits per heavy atom. The topological polar surface area (TPSA) is 25.2 Å². The zero-order valence-electron chi connectivity index (χ0n) is 12.0. The van der Waals surface area contributed by atoms with Crippen molar-refractivity contribution in [3.63, 3.8) is 0 Å². The SMILES string of the molecule is CCCNC(c1coc(C)c1)c1c(F)ccc(C)c1F. The predicted molar refractivity (Wildman–Crippen MR) is 74.7 cm³/mol. The van der Waals surface area contributed by atoms with Gasteiger partial charge >= 0.3 is 0 Å². The second-order valence-electron chi connectivity index (χ2n) is 4.97. The molecule has 0 aliphatic heterocycles. The van der Waals surface area contributed by atoms with Crippen molar-refractivity contribution in [2.24, 2.45) is 0 Å². The molecule has 1 N–H and O–H groups in total. The maximum atomic E-state index is 14.3. The second kappa shape index (κ2) is 6.18. The van der Waals surface area contributed by atoms with E-state index in [2.05, 4.69) is 5.32 Å². The van der Waals surface area contributed by atoms with Crippen molar-refractivity contribution in [2.75, 3.05) is 6.54 Å². The number of furan rings is 1. The third-order valence-electron chi connectivity index (χ3n) is 3.29. The van der Waals surface area contributed by atoms with Crippen LogP contribution in [0.3, 0.4) is 0 Å². The third kappa shape index (κ3) is 2.90. The van der Waals surface area contributed by atoms with Crippen LogP contribution in [0.5, 0.6) is 0 Å². The van der Waals surface area contributed by atoms with Gasteiger partial charge in [-0.15, -0.1) is 0 Å². The molecule has 1 aromatic carbocycles. The Morgan fingerprint density at radius 1 is 1.25 bits per heavy atom. The molecule has 1 atom stereocenters. The van der Waals surface area contributed by atoms with Crippen molar-refractivity contribution in [1.29, 1.82) is 0 Å². The molecular formula is C16H19F2NO. The predicted octanol–water partition coefficient (Wildman–Crippen LogP) is 4.26. The van der Waals surface area contributed by atoms with Crippen LogP contribution in [-0.4, -0.2) is 6.54 Å². The minimum atomic E-state index is -0.541. The van der Waals surface area contributed by atoms with Gasteiger partial charge in [0.25, 0.3) is 0 Å². The highest BCUT2D eigenvalue weighted by Crippen LogP contribution is 2.29. The van der Waals surface area contributed by atoms with Crippen LogP contribution in [0.15, 0.2) is 28.9 Å². The molecule has 4 heteroatoms. The largest absolute Gasteiger partial charge is 0.469 e. The number of halogens is 2. The molecule has 0 spiro atoms. The lowest BCUT2D eigenvalue weighted by atomic mass is 9.97. The van der Waals surface area contributed by atoms with E-state index in [0.717, 1.165) is 17.7 Å². The molecule has 0 bridgehead atoms. The van der Waals surface area contributed by atoms with Gasteiger partial charge in [-0.05, 0) is 44.5 Å². The summed E-state index contributed by atoms with van der Waals surface area (Å²) in [5.41, 5.74) is 1.23. The first-order valence-corrected chi connectivity index (χ1v) is 6.77. The van der Waals surface area contributed by atoms with Crippen LogP contribution in [0.25, 0.3) is 0 Å². The van der Waals surface area contributed by atoms with Gasteiger partial charge in [0.05, 0.1) is 12.3 Å². The molecule has 0 aliphatic rings. The van der Waals surface area contributed by atoms with Gasteiger partial charge in [-0.1, -0.05) is 13.0 Å². The summed E-state index contributed by atoms with van der Waals surface area (Å²) in [5.74, 6) is -0.324. The second-order valence-corrected chi connectivity index (χ2v) is 4.97. The third-order valence-corrected chi connectivity index (χ3v) is 3.29.